The number of aromatic nitrogens is 1. The van der Waals surface area contributed by atoms with Gasteiger partial charge in [0.15, 0.2) is 11.5 Å². The van der Waals surface area contributed by atoms with Crippen LogP contribution in [0.15, 0.2) is 47.8 Å². The molecule has 0 spiro atoms. The number of urea groups is 1. The molecule has 2 aliphatic rings. The van der Waals surface area contributed by atoms with Gasteiger partial charge in [-0.2, -0.15) is 0 Å². The minimum atomic E-state index is -0.0976. The van der Waals surface area contributed by atoms with E-state index in [-0.39, 0.29) is 12.8 Å². The fourth-order valence-corrected chi connectivity index (χ4v) is 4.60. The van der Waals surface area contributed by atoms with Gasteiger partial charge in [-0.15, -0.1) is 11.3 Å². The molecule has 0 radical (unpaired) electrons. The van der Waals surface area contributed by atoms with Gasteiger partial charge in [0.1, 0.15) is 10.8 Å². The lowest BCUT2D eigenvalue weighted by Crippen LogP contribution is -2.49. The molecule has 3 aromatic rings. The molecule has 0 aliphatic carbocycles. The summed E-state index contributed by atoms with van der Waals surface area (Å²) in [6.07, 6.45) is 0. The first-order valence-corrected chi connectivity index (χ1v) is 11.3. The number of carbonyl (C=O) groups is 1. The molecule has 0 bridgehead atoms. The third-order valence-corrected chi connectivity index (χ3v) is 6.41. The maximum absolute atomic E-state index is 12.6. The van der Waals surface area contributed by atoms with E-state index >= 15 is 0 Å². The highest BCUT2D eigenvalue weighted by molar-refractivity contribution is 7.09. The summed E-state index contributed by atoms with van der Waals surface area (Å²) in [5, 5.41) is 6.12. The van der Waals surface area contributed by atoms with Gasteiger partial charge in [0.05, 0.1) is 19.3 Å². The van der Waals surface area contributed by atoms with Crippen molar-refractivity contribution in [3.05, 3.63) is 52.9 Å². The molecule has 0 saturated carbocycles. The fourth-order valence-electron chi connectivity index (χ4n) is 3.76. The van der Waals surface area contributed by atoms with Crippen molar-refractivity contribution >= 4 is 23.1 Å². The number of carbonyl (C=O) groups excluding carboxylic acids is 1. The molecule has 2 amide bonds. The second-order valence-electron chi connectivity index (χ2n) is 7.62. The number of anilines is 1. The smallest absolute Gasteiger partial charge is 0.321 e. The predicted molar refractivity (Wildman–Crippen MR) is 123 cm³/mol. The number of hydrogen-bond acceptors (Lipinski definition) is 7. The maximum atomic E-state index is 12.6. The predicted octanol–water partition coefficient (Wildman–Crippen LogP) is 3.90. The summed E-state index contributed by atoms with van der Waals surface area (Å²) in [5.41, 5.74) is 2.77. The van der Waals surface area contributed by atoms with E-state index in [0.29, 0.717) is 30.3 Å². The van der Waals surface area contributed by atoms with Crippen LogP contribution in [0.4, 0.5) is 10.5 Å². The summed E-state index contributed by atoms with van der Waals surface area (Å²) in [6.45, 7) is 3.98. The Bertz CT molecular complexity index is 1090. The fraction of sp³-hybridized carbons (Fsp3) is 0.304. The highest BCUT2D eigenvalue weighted by atomic mass is 32.1. The summed E-state index contributed by atoms with van der Waals surface area (Å²) in [5.74, 6) is 2.20. The van der Waals surface area contributed by atoms with Gasteiger partial charge >= 0.3 is 6.03 Å². The topological polar surface area (TPSA) is 76.2 Å². The van der Waals surface area contributed by atoms with E-state index < -0.39 is 0 Å². The third-order valence-electron chi connectivity index (χ3n) is 5.58. The second kappa shape index (κ2) is 9.05. The van der Waals surface area contributed by atoms with Crippen LogP contribution >= 0.6 is 11.3 Å². The normalized spacial score (nSPS) is 15.6. The largest absolute Gasteiger partial charge is 0.497 e. The van der Waals surface area contributed by atoms with Crippen molar-refractivity contribution in [3.63, 3.8) is 0 Å². The Kier molecular flexibility index (Phi) is 5.83. The Labute approximate surface area is 190 Å². The molecule has 0 atom stereocenters. The van der Waals surface area contributed by atoms with Gasteiger partial charge in [0, 0.05) is 48.9 Å². The second-order valence-corrected chi connectivity index (χ2v) is 8.56. The minimum absolute atomic E-state index is 0.0976. The number of benzene rings is 2. The van der Waals surface area contributed by atoms with E-state index in [0.717, 1.165) is 41.6 Å². The lowest BCUT2D eigenvalue weighted by molar-refractivity contribution is 0.143. The number of nitrogens with zero attached hydrogens (tertiary/aromatic N) is 3. The van der Waals surface area contributed by atoms with Crippen LogP contribution in [-0.4, -0.2) is 60.9 Å². The number of thiazole rings is 1. The summed E-state index contributed by atoms with van der Waals surface area (Å²) < 4.78 is 15.9. The number of rotatable bonds is 5. The van der Waals surface area contributed by atoms with Gasteiger partial charge in [0.2, 0.25) is 6.79 Å². The Morgan fingerprint density at radius 2 is 1.88 bits per heavy atom. The Morgan fingerprint density at radius 3 is 2.66 bits per heavy atom. The zero-order valence-corrected chi connectivity index (χ0v) is 18.6. The molecule has 8 nitrogen and oxygen atoms in total. The molecule has 2 aliphatic heterocycles. The number of hydrogen-bond donors (Lipinski definition) is 1. The first-order chi connectivity index (χ1) is 15.7. The Hall–Kier alpha value is -3.30. The number of fused-ring (bicyclic) bond motifs is 1. The van der Waals surface area contributed by atoms with Crippen LogP contribution in [0.3, 0.4) is 0 Å². The summed E-state index contributed by atoms with van der Waals surface area (Å²) in [4.78, 5) is 21.6. The van der Waals surface area contributed by atoms with E-state index in [1.165, 1.54) is 0 Å². The van der Waals surface area contributed by atoms with Crippen LogP contribution in [-0.2, 0) is 6.54 Å². The molecule has 1 saturated heterocycles. The lowest BCUT2D eigenvalue weighted by Gasteiger charge is -2.34. The molecule has 32 heavy (non-hydrogen) atoms. The molecule has 166 valence electrons. The maximum Gasteiger partial charge on any atom is 0.321 e. The minimum Gasteiger partial charge on any atom is -0.497 e. The van der Waals surface area contributed by atoms with Crippen LogP contribution in [0, 0.1) is 0 Å². The molecular weight excluding hydrogens is 428 g/mol. The van der Waals surface area contributed by atoms with Crippen molar-refractivity contribution in [1.82, 2.24) is 14.8 Å². The van der Waals surface area contributed by atoms with Gasteiger partial charge in [-0.25, -0.2) is 9.78 Å². The van der Waals surface area contributed by atoms with Crippen molar-refractivity contribution in [1.29, 1.82) is 0 Å². The SMILES string of the molecule is COc1ccc(-c2csc(CN3CCN(C(=O)Nc4ccc5c(c4)OCO5)CC3)n2)cc1. The van der Waals surface area contributed by atoms with Crippen molar-refractivity contribution < 1.29 is 19.0 Å². The Morgan fingerprint density at radius 1 is 1.09 bits per heavy atom. The molecular formula is C23H24N4O4S. The molecule has 3 heterocycles. The number of amides is 2. The van der Waals surface area contributed by atoms with Gasteiger partial charge in [0.25, 0.3) is 0 Å². The molecule has 1 aromatic heterocycles. The average Bonchev–Trinajstić information content (AvgIpc) is 3.49. The third kappa shape index (κ3) is 4.49. The molecule has 1 fully saturated rings. The van der Waals surface area contributed by atoms with Crippen molar-refractivity contribution in [2.45, 2.75) is 6.54 Å². The molecule has 2 aromatic carbocycles. The molecule has 0 unspecified atom stereocenters. The van der Waals surface area contributed by atoms with Gasteiger partial charge in [-0.05, 0) is 36.4 Å². The van der Waals surface area contributed by atoms with E-state index in [1.807, 2.05) is 41.3 Å². The van der Waals surface area contributed by atoms with E-state index in [4.69, 9.17) is 19.2 Å². The standard InChI is InChI=1S/C23H24N4O4S/c1-29-18-5-2-16(3-6-18)19-14-32-22(25-19)13-26-8-10-27(11-9-26)23(28)24-17-4-7-20-21(12-17)31-15-30-20/h2-7,12,14H,8-11,13,15H2,1H3,(H,24,28). The first kappa shape index (κ1) is 20.6. The quantitative estimate of drug-likeness (QED) is 0.633. The zero-order valence-electron chi connectivity index (χ0n) is 17.7. The van der Waals surface area contributed by atoms with Crippen LogP contribution < -0.4 is 19.5 Å². The van der Waals surface area contributed by atoms with Gasteiger partial charge < -0.3 is 24.4 Å². The molecule has 9 heteroatoms. The monoisotopic (exact) mass is 452 g/mol. The number of ether oxygens (including phenoxy) is 3. The van der Waals surface area contributed by atoms with Crippen LogP contribution in [0.25, 0.3) is 11.3 Å². The van der Waals surface area contributed by atoms with Crippen LogP contribution in [0.2, 0.25) is 0 Å². The van der Waals surface area contributed by atoms with Crippen molar-refractivity contribution in [2.75, 3.05) is 45.4 Å². The molecule has 5 rings (SSSR count). The summed E-state index contributed by atoms with van der Waals surface area (Å²) >= 11 is 1.67. The highest BCUT2D eigenvalue weighted by Gasteiger charge is 2.23. The van der Waals surface area contributed by atoms with Crippen molar-refractivity contribution in [2.24, 2.45) is 0 Å². The lowest BCUT2D eigenvalue weighted by atomic mass is 10.2. The van der Waals surface area contributed by atoms with E-state index in [9.17, 15) is 4.79 Å². The number of nitrogens with one attached hydrogen (secondary N) is 1. The van der Waals surface area contributed by atoms with Crippen LogP contribution in [0.1, 0.15) is 5.01 Å². The van der Waals surface area contributed by atoms with E-state index in [2.05, 4.69) is 15.6 Å². The number of methoxy groups -OCH3 is 1. The average molecular weight is 453 g/mol. The molecule has 1 N–H and O–H groups in total. The van der Waals surface area contributed by atoms with E-state index in [1.54, 1.807) is 24.5 Å². The highest BCUT2D eigenvalue weighted by Crippen LogP contribution is 2.34. The van der Waals surface area contributed by atoms with Crippen LogP contribution in [0.5, 0.6) is 17.2 Å². The van der Waals surface area contributed by atoms with Gasteiger partial charge in [-0.3, -0.25) is 4.90 Å². The van der Waals surface area contributed by atoms with Gasteiger partial charge in [-0.1, -0.05) is 0 Å². The van der Waals surface area contributed by atoms with Crippen molar-refractivity contribution in [3.8, 4) is 28.5 Å². The summed E-state index contributed by atoms with van der Waals surface area (Å²) in [7, 11) is 1.66. The summed E-state index contributed by atoms with van der Waals surface area (Å²) in [6, 6.07) is 13.3. The number of piperazine rings is 1. The Balaban J connectivity index is 1.12. The zero-order chi connectivity index (χ0) is 21.9. The first-order valence-electron chi connectivity index (χ1n) is 10.4.